The minimum Gasteiger partial charge on any atom is -0.489 e. The molecule has 14 heavy (non-hydrogen) atoms. The fourth-order valence-corrected chi connectivity index (χ4v) is 4.00. The van der Waals surface area contributed by atoms with Crippen LogP contribution in [0.15, 0.2) is 25.5 Å². The molecular weight excluding hydrogens is 332 g/mol. The first kappa shape index (κ1) is 10.4. The van der Waals surface area contributed by atoms with Crippen molar-refractivity contribution in [1.29, 1.82) is 0 Å². The lowest BCUT2D eigenvalue weighted by Crippen LogP contribution is -2.02. The molecule has 0 spiro atoms. The van der Waals surface area contributed by atoms with Gasteiger partial charge in [0.25, 0.3) is 0 Å². The van der Waals surface area contributed by atoms with Gasteiger partial charge in [0.15, 0.2) is 5.76 Å². The number of carbonyl (C=O) groups excluding carboxylic acids is 1. The van der Waals surface area contributed by atoms with E-state index in [0.717, 1.165) is 14.0 Å². The maximum Gasteiger partial charge on any atom is 0.229 e. The van der Waals surface area contributed by atoms with Gasteiger partial charge in [0, 0.05) is 6.42 Å². The molecule has 1 aliphatic rings. The predicted molar refractivity (Wildman–Crippen MR) is 62.7 cm³/mol. The molecule has 74 valence electrons. The SMILES string of the molecule is O=C(C1=CCCO1)c1cc(Br)sc1Br. The van der Waals surface area contributed by atoms with Gasteiger partial charge in [-0.1, -0.05) is 0 Å². The van der Waals surface area contributed by atoms with Crippen LogP contribution in [-0.4, -0.2) is 12.4 Å². The van der Waals surface area contributed by atoms with Gasteiger partial charge in [-0.05, 0) is 44.0 Å². The number of allylic oxidation sites excluding steroid dienone is 1. The van der Waals surface area contributed by atoms with E-state index in [1.54, 1.807) is 6.07 Å². The van der Waals surface area contributed by atoms with Crippen LogP contribution in [0.4, 0.5) is 0 Å². The van der Waals surface area contributed by atoms with Crippen LogP contribution in [0.25, 0.3) is 0 Å². The number of thiophene rings is 1. The molecule has 1 aromatic rings. The maximum absolute atomic E-state index is 11.8. The Hall–Kier alpha value is -0.130. The molecule has 0 saturated heterocycles. The average Bonchev–Trinajstić information content (AvgIpc) is 2.73. The van der Waals surface area contributed by atoms with Gasteiger partial charge in [-0.2, -0.15) is 0 Å². The molecular formula is C9H6Br2O2S. The Bertz CT molecular complexity index is 409. The summed E-state index contributed by atoms with van der Waals surface area (Å²) in [5, 5.41) is 0. The van der Waals surface area contributed by atoms with E-state index in [0.29, 0.717) is 17.9 Å². The highest BCUT2D eigenvalue weighted by Crippen LogP contribution is 2.33. The second kappa shape index (κ2) is 4.16. The summed E-state index contributed by atoms with van der Waals surface area (Å²) in [6.07, 6.45) is 2.66. The van der Waals surface area contributed by atoms with Crippen LogP contribution >= 0.6 is 43.2 Å². The zero-order valence-electron chi connectivity index (χ0n) is 7.05. The molecule has 1 aliphatic heterocycles. The van der Waals surface area contributed by atoms with Gasteiger partial charge >= 0.3 is 0 Å². The van der Waals surface area contributed by atoms with E-state index >= 15 is 0 Å². The van der Waals surface area contributed by atoms with Crippen LogP contribution in [0.3, 0.4) is 0 Å². The zero-order chi connectivity index (χ0) is 10.1. The number of rotatable bonds is 2. The van der Waals surface area contributed by atoms with Crippen molar-refractivity contribution in [3.05, 3.63) is 31.0 Å². The first-order chi connectivity index (χ1) is 6.68. The first-order valence-electron chi connectivity index (χ1n) is 4.01. The minimum absolute atomic E-state index is 0.0451. The maximum atomic E-state index is 11.8. The Morgan fingerprint density at radius 2 is 2.29 bits per heavy atom. The summed E-state index contributed by atoms with van der Waals surface area (Å²) in [5.41, 5.74) is 0.662. The normalized spacial score (nSPS) is 15.1. The predicted octanol–water partition coefficient (Wildman–Crippen LogP) is 3.76. The monoisotopic (exact) mass is 336 g/mol. The molecule has 1 aromatic heterocycles. The summed E-state index contributed by atoms with van der Waals surface area (Å²) < 4.78 is 6.99. The molecule has 0 saturated carbocycles. The minimum atomic E-state index is -0.0451. The molecule has 5 heteroatoms. The highest BCUT2D eigenvalue weighted by Gasteiger charge is 2.21. The van der Waals surface area contributed by atoms with E-state index in [2.05, 4.69) is 31.9 Å². The number of ether oxygens (including phenoxy) is 1. The Balaban J connectivity index is 2.30. The van der Waals surface area contributed by atoms with Crippen molar-refractivity contribution in [1.82, 2.24) is 0 Å². The number of hydrogen-bond acceptors (Lipinski definition) is 3. The standard InChI is InChI=1S/C9H6Br2O2S/c10-7-4-5(9(11)14-7)8(12)6-2-1-3-13-6/h2,4H,1,3H2. The van der Waals surface area contributed by atoms with Crippen LogP contribution in [0.5, 0.6) is 0 Å². The molecule has 0 aliphatic carbocycles. The third-order valence-electron chi connectivity index (χ3n) is 1.83. The third-order valence-corrected chi connectivity index (χ3v) is 4.17. The molecule has 0 amide bonds. The Kier molecular flexibility index (Phi) is 3.09. The van der Waals surface area contributed by atoms with Gasteiger partial charge in [-0.3, -0.25) is 4.79 Å². The van der Waals surface area contributed by atoms with Gasteiger partial charge in [-0.25, -0.2) is 0 Å². The summed E-state index contributed by atoms with van der Waals surface area (Å²) in [5.74, 6) is 0.423. The van der Waals surface area contributed by atoms with Crippen molar-refractivity contribution in [2.75, 3.05) is 6.61 Å². The summed E-state index contributed by atoms with van der Waals surface area (Å²) in [4.78, 5) is 11.8. The van der Waals surface area contributed by atoms with Crippen molar-refractivity contribution < 1.29 is 9.53 Å². The lowest BCUT2D eigenvalue weighted by Gasteiger charge is -2.00. The van der Waals surface area contributed by atoms with Gasteiger partial charge < -0.3 is 4.74 Å². The Morgan fingerprint density at radius 3 is 2.79 bits per heavy atom. The van der Waals surface area contributed by atoms with Crippen LogP contribution < -0.4 is 0 Å². The highest BCUT2D eigenvalue weighted by molar-refractivity contribution is 9.12. The molecule has 2 rings (SSSR count). The van der Waals surface area contributed by atoms with Crippen LogP contribution in [0.2, 0.25) is 0 Å². The number of Topliss-reactive ketones (excluding diaryl/α,β-unsaturated/α-hetero) is 1. The molecule has 2 heterocycles. The Labute approximate surface area is 102 Å². The summed E-state index contributed by atoms with van der Waals surface area (Å²) in [7, 11) is 0. The quantitative estimate of drug-likeness (QED) is 0.768. The molecule has 2 nitrogen and oxygen atoms in total. The summed E-state index contributed by atoms with van der Waals surface area (Å²) in [6, 6.07) is 1.81. The average molecular weight is 338 g/mol. The largest absolute Gasteiger partial charge is 0.489 e. The van der Waals surface area contributed by atoms with Crippen LogP contribution in [0, 0.1) is 0 Å². The molecule has 0 radical (unpaired) electrons. The topological polar surface area (TPSA) is 26.3 Å². The third kappa shape index (κ3) is 1.94. The van der Waals surface area contributed by atoms with Gasteiger partial charge in [-0.15, -0.1) is 11.3 Å². The summed E-state index contributed by atoms with van der Waals surface area (Å²) >= 11 is 8.17. The van der Waals surface area contributed by atoms with Crippen molar-refractivity contribution in [3.63, 3.8) is 0 Å². The van der Waals surface area contributed by atoms with Gasteiger partial charge in [0.1, 0.15) is 0 Å². The molecule has 0 aromatic carbocycles. The zero-order valence-corrected chi connectivity index (χ0v) is 11.0. The summed E-state index contributed by atoms with van der Waals surface area (Å²) in [6.45, 7) is 0.615. The van der Waals surface area contributed by atoms with E-state index in [-0.39, 0.29) is 5.78 Å². The second-order valence-corrected chi connectivity index (χ2v) is 6.52. The number of carbonyl (C=O) groups is 1. The van der Waals surface area contributed by atoms with E-state index in [1.165, 1.54) is 11.3 Å². The lowest BCUT2D eigenvalue weighted by atomic mass is 10.2. The number of halogens is 2. The van der Waals surface area contributed by atoms with Crippen molar-refractivity contribution in [2.24, 2.45) is 0 Å². The second-order valence-electron chi connectivity index (χ2n) is 2.77. The van der Waals surface area contributed by atoms with Crippen LogP contribution in [0.1, 0.15) is 16.8 Å². The fourth-order valence-electron chi connectivity index (χ4n) is 1.20. The molecule has 0 N–H and O–H groups in total. The highest BCUT2D eigenvalue weighted by atomic mass is 79.9. The van der Waals surface area contributed by atoms with E-state index in [4.69, 9.17) is 4.74 Å². The van der Waals surface area contributed by atoms with Crippen LogP contribution in [-0.2, 0) is 4.74 Å². The number of hydrogen-bond donors (Lipinski definition) is 0. The fraction of sp³-hybridized carbons (Fsp3) is 0.222. The first-order valence-corrected chi connectivity index (χ1v) is 6.41. The van der Waals surface area contributed by atoms with Gasteiger partial charge in [0.05, 0.1) is 19.7 Å². The number of ketones is 1. The van der Waals surface area contributed by atoms with E-state index in [1.807, 2.05) is 6.08 Å². The molecule has 0 atom stereocenters. The van der Waals surface area contributed by atoms with E-state index in [9.17, 15) is 4.79 Å². The van der Waals surface area contributed by atoms with Gasteiger partial charge in [0.2, 0.25) is 5.78 Å². The molecule has 0 unspecified atom stereocenters. The van der Waals surface area contributed by atoms with E-state index < -0.39 is 0 Å². The Morgan fingerprint density at radius 1 is 1.50 bits per heavy atom. The smallest absolute Gasteiger partial charge is 0.229 e. The molecule has 0 fully saturated rings. The van der Waals surface area contributed by atoms with Crippen molar-refractivity contribution in [2.45, 2.75) is 6.42 Å². The van der Waals surface area contributed by atoms with Crippen molar-refractivity contribution >= 4 is 49.0 Å². The molecule has 0 bridgehead atoms. The lowest BCUT2D eigenvalue weighted by molar-refractivity contribution is 0.0942. The van der Waals surface area contributed by atoms with Crippen molar-refractivity contribution in [3.8, 4) is 0 Å².